The normalized spacial score (nSPS) is 10.3. The molecule has 0 aliphatic heterocycles. The highest BCUT2D eigenvalue weighted by Crippen LogP contribution is 2.24. The molecule has 0 fully saturated rings. The Hall–Kier alpha value is -3.34. The van der Waals surface area contributed by atoms with E-state index in [1.165, 1.54) is 0 Å². The van der Waals surface area contributed by atoms with Crippen molar-refractivity contribution in [2.24, 2.45) is 0 Å². The van der Waals surface area contributed by atoms with Crippen molar-refractivity contribution in [3.8, 4) is 11.5 Å². The van der Waals surface area contributed by atoms with Gasteiger partial charge in [-0.1, -0.05) is 31.5 Å². The van der Waals surface area contributed by atoms with Gasteiger partial charge in [0.25, 0.3) is 5.91 Å². The minimum absolute atomic E-state index is 0.0829. The maximum absolute atomic E-state index is 12.2. The summed E-state index contributed by atoms with van der Waals surface area (Å²) in [6.07, 6.45) is 3.65. The highest BCUT2D eigenvalue weighted by molar-refractivity contribution is 5.94. The van der Waals surface area contributed by atoms with E-state index in [0.717, 1.165) is 30.0 Å². The fourth-order valence-corrected chi connectivity index (χ4v) is 2.50. The third-order valence-electron chi connectivity index (χ3n) is 3.94. The van der Waals surface area contributed by atoms with Gasteiger partial charge in [-0.2, -0.15) is 0 Å². The van der Waals surface area contributed by atoms with Crippen LogP contribution in [0.15, 0.2) is 72.9 Å². The molecule has 2 aromatic carbocycles. The molecule has 0 unspecified atom stereocenters. The lowest BCUT2D eigenvalue weighted by Crippen LogP contribution is -2.24. The molecule has 27 heavy (non-hydrogen) atoms. The Morgan fingerprint density at radius 2 is 1.74 bits per heavy atom. The summed E-state index contributed by atoms with van der Waals surface area (Å²) in [6.45, 7) is 2.78. The quantitative estimate of drug-likeness (QED) is 0.545. The van der Waals surface area contributed by atoms with Gasteiger partial charge >= 0.3 is 0 Å². The molecule has 1 amide bonds. The number of carbonyl (C=O) groups excluding carboxylic acids is 1. The average Bonchev–Trinajstić information content (AvgIpc) is 2.71. The van der Waals surface area contributed by atoms with Crippen molar-refractivity contribution in [3.05, 3.63) is 78.5 Å². The van der Waals surface area contributed by atoms with E-state index in [1.807, 2.05) is 54.6 Å². The molecular formula is C22H23N3O2. The topological polar surface area (TPSA) is 63.2 Å². The molecule has 5 heteroatoms. The molecule has 138 valence electrons. The van der Waals surface area contributed by atoms with Crippen molar-refractivity contribution in [2.75, 3.05) is 11.9 Å². The first-order valence-corrected chi connectivity index (χ1v) is 9.09. The summed E-state index contributed by atoms with van der Waals surface area (Å²) in [5.41, 5.74) is 1.46. The van der Waals surface area contributed by atoms with Crippen molar-refractivity contribution < 1.29 is 9.53 Å². The number of nitrogens with one attached hydrogen (secondary N) is 2. The van der Waals surface area contributed by atoms with Gasteiger partial charge < -0.3 is 15.4 Å². The summed E-state index contributed by atoms with van der Waals surface area (Å²) in [4.78, 5) is 16.4. The van der Waals surface area contributed by atoms with Crippen LogP contribution in [0.4, 0.5) is 11.5 Å². The summed E-state index contributed by atoms with van der Waals surface area (Å²) >= 11 is 0. The molecule has 0 bridgehead atoms. The SMILES string of the molecule is CCCCNC(=O)c1ccnc(Nc2ccc(Oc3ccccc3)cc2)c1. The van der Waals surface area contributed by atoms with E-state index in [0.29, 0.717) is 17.9 Å². The maximum Gasteiger partial charge on any atom is 0.251 e. The number of nitrogens with zero attached hydrogens (tertiary/aromatic N) is 1. The first-order chi connectivity index (χ1) is 13.2. The van der Waals surface area contributed by atoms with Crippen LogP contribution >= 0.6 is 0 Å². The van der Waals surface area contributed by atoms with E-state index in [9.17, 15) is 4.79 Å². The molecule has 5 nitrogen and oxygen atoms in total. The zero-order valence-electron chi connectivity index (χ0n) is 15.3. The van der Waals surface area contributed by atoms with Crippen molar-refractivity contribution in [3.63, 3.8) is 0 Å². The smallest absolute Gasteiger partial charge is 0.251 e. The van der Waals surface area contributed by atoms with E-state index >= 15 is 0 Å². The number of carbonyl (C=O) groups is 1. The first kappa shape index (κ1) is 18.5. The number of benzene rings is 2. The van der Waals surface area contributed by atoms with E-state index in [-0.39, 0.29) is 5.91 Å². The molecule has 0 aliphatic rings. The number of amides is 1. The Bertz CT molecular complexity index is 864. The zero-order valence-corrected chi connectivity index (χ0v) is 15.3. The molecule has 0 radical (unpaired) electrons. The lowest BCUT2D eigenvalue weighted by molar-refractivity contribution is 0.0953. The largest absolute Gasteiger partial charge is 0.457 e. The highest BCUT2D eigenvalue weighted by Gasteiger charge is 2.06. The molecule has 3 rings (SSSR count). The van der Waals surface area contributed by atoms with Crippen LogP contribution in [0.5, 0.6) is 11.5 Å². The third kappa shape index (κ3) is 5.57. The van der Waals surface area contributed by atoms with Gasteiger partial charge in [0.05, 0.1) is 0 Å². The van der Waals surface area contributed by atoms with Gasteiger partial charge in [0.1, 0.15) is 17.3 Å². The van der Waals surface area contributed by atoms with Crippen LogP contribution < -0.4 is 15.4 Å². The molecule has 1 heterocycles. The number of aromatic nitrogens is 1. The monoisotopic (exact) mass is 361 g/mol. The minimum atomic E-state index is -0.0829. The van der Waals surface area contributed by atoms with Gasteiger partial charge in [-0.15, -0.1) is 0 Å². The molecule has 0 atom stereocenters. The standard InChI is InChI=1S/C22H23N3O2/c1-2-3-14-24-22(26)17-13-15-23-21(16-17)25-18-9-11-20(12-10-18)27-19-7-5-4-6-8-19/h4-13,15-16H,2-3,14H2,1H3,(H,23,25)(H,24,26). The molecule has 0 saturated heterocycles. The third-order valence-corrected chi connectivity index (χ3v) is 3.94. The van der Waals surface area contributed by atoms with Crippen molar-refractivity contribution in [2.45, 2.75) is 19.8 Å². The molecular weight excluding hydrogens is 338 g/mol. The van der Waals surface area contributed by atoms with Gasteiger partial charge in [0, 0.05) is 24.0 Å². The summed E-state index contributed by atoms with van der Waals surface area (Å²) in [5.74, 6) is 2.08. The van der Waals surface area contributed by atoms with Gasteiger partial charge in [-0.3, -0.25) is 4.79 Å². The number of anilines is 2. The lowest BCUT2D eigenvalue weighted by atomic mass is 10.2. The second-order valence-electron chi connectivity index (χ2n) is 6.10. The minimum Gasteiger partial charge on any atom is -0.457 e. The van der Waals surface area contributed by atoms with Crippen LogP contribution in [0.25, 0.3) is 0 Å². The van der Waals surface area contributed by atoms with E-state index in [2.05, 4.69) is 22.5 Å². The average molecular weight is 361 g/mol. The number of ether oxygens (including phenoxy) is 1. The van der Waals surface area contributed by atoms with Crippen LogP contribution in [-0.2, 0) is 0 Å². The van der Waals surface area contributed by atoms with Gasteiger partial charge in [0.15, 0.2) is 0 Å². The lowest BCUT2D eigenvalue weighted by Gasteiger charge is -2.09. The van der Waals surface area contributed by atoms with E-state index < -0.39 is 0 Å². The summed E-state index contributed by atoms with van der Waals surface area (Å²) in [6, 6.07) is 20.7. The van der Waals surface area contributed by atoms with Gasteiger partial charge in [-0.05, 0) is 55.0 Å². The Kier molecular flexibility index (Phi) is 6.41. The zero-order chi connectivity index (χ0) is 18.9. The predicted molar refractivity (Wildman–Crippen MR) is 108 cm³/mol. The second-order valence-corrected chi connectivity index (χ2v) is 6.10. The van der Waals surface area contributed by atoms with Crippen molar-refractivity contribution >= 4 is 17.4 Å². The van der Waals surface area contributed by atoms with Crippen LogP contribution in [-0.4, -0.2) is 17.4 Å². The second kappa shape index (κ2) is 9.38. The van der Waals surface area contributed by atoms with Crippen LogP contribution in [0, 0.1) is 0 Å². The van der Waals surface area contributed by atoms with Crippen LogP contribution in [0.2, 0.25) is 0 Å². The molecule has 2 N–H and O–H groups in total. The van der Waals surface area contributed by atoms with Gasteiger partial charge in [0.2, 0.25) is 0 Å². The number of rotatable bonds is 8. The molecule has 0 spiro atoms. The number of pyridine rings is 1. The van der Waals surface area contributed by atoms with Crippen molar-refractivity contribution in [1.82, 2.24) is 10.3 Å². The molecule has 0 aliphatic carbocycles. The first-order valence-electron chi connectivity index (χ1n) is 9.09. The number of unbranched alkanes of at least 4 members (excludes halogenated alkanes) is 1. The van der Waals surface area contributed by atoms with Gasteiger partial charge in [-0.25, -0.2) is 4.98 Å². The Morgan fingerprint density at radius 1 is 1.00 bits per heavy atom. The summed E-state index contributed by atoms with van der Waals surface area (Å²) in [7, 11) is 0. The maximum atomic E-state index is 12.2. The Morgan fingerprint density at radius 3 is 2.48 bits per heavy atom. The number of hydrogen-bond acceptors (Lipinski definition) is 4. The van der Waals surface area contributed by atoms with Crippen LogP contribution in [0.1, 0.15) is 30.1 Å². The van der Waals surface area contributed by atoms with E-state index in [4.69, 9.17) is 4.74 Å². The van der Waals surface area contributed by atoms with E-state index in [1.54, 1.807) is 18.3 Å². The number of para-hydroxylation sites is 1. The Labute approximate surface area is 159 Å². The molecule has 1 aromatic heterocycles. The number of hydrogen-bond donors (Lipinski definition) is 2. The molecule has 3 aromatic rings. The molecule has 0 saturated carbocycles. The predicted octanol–water partition coefficient (Wildman–Crippen LogP) is 5.15. The fourth-order valence-electron chi connectivity index (χ4n) is 2.50. The van der Waals surface area contributed by atoms with Crippen molar-refractivity contribution in [1.29, 1.82) is 0 Å². The summed E-state index contributed by atoms with van der Waals surface area (Å²) in [5, 5.41) is 6.12. The summed E-state index contributed by atoms with van der Waals surface area (Å²) < 4.78 is 5.78. The van der Waals surface area contributed by atoms with Crippen LogP contribution in [0.3, 0.4) is 0 Å². The highest BCUT2D eigenvalue weighted by atomic mass is 16.5. The fraction of sp³-hybridized carbons (Fsp3) is 0.182. The Balaban J connectivity index is 1.61.